The van der Waals surface area contributed by atoms with Gasteiger partial charge in [0.15, 0.2) is 0 Å². The zero-order chi connectivity index (χ0) is 10.7. The smallest absolute Gasteiger partial charge is 0.232 e. The molecular weight excluding hydrogens is 214 g/mol. The van der Waals surface area contributed by atoms with Gasteiger partial charge in [-0.15, -0.1) is 0 Å². The molecule has 1 aliphatic rings. The number of halogens is 1. The molecule has 82 valence electrons. The Hall–Kier alpha value is -0.840. The number of hydrogen-bond acceptors (Lipinski definition) is 4. The Labute approximate surface area is 94.0 Å². The molecule has 0 amide bonds. The highest BCUT2D eigenvalue weighted by molar-refractivity contribution is 6.31. The summed E-state index contributed by atoms with van der Waals surface area (Å²) >= 11 is 6.01. The van der Waals surface area contributed by atoms with Crippen LogP contribution in [0.5, 0.6) is 5.88 Å². The molecule has 1 aromatic heterocycles. The zero-order valence-electron chi connectivity index (χ0n) is 8.59. The van der Waals surface area contributed by atoms with Crippen molar-refractivity contribution in [3.05, 3.63) is 22.8 Å². The lowest BCUT2D eigenvalue weighted by atomic mass is 10.1. The van der Waals surface area contributed by atoms with E-state index in [1.165, 1.54) is 0 Å². The van der Waals surface area contributed by atoms with Crippen LogP contribution in [0.15, 0.2) is 12.3 Å². The van der Waals surface area contributed by atoms with Crippen molar-refractivity contribution in [2.75, 3.05) is 26.7 Å². The Balaban J connectivity index is 2.17. The number of nitrogens with one attached hydrogen (secondary N) is 2. The molecule has 1 unspecified atom stereocenters. The maximum atomic E-state index is 6.01. The number of pyridine rings is 1. The van der Waals surface area contributed by atoms with Gasteiger partial charge in [-0.05, 0) is 11.6 Å². The second kappa shape index (κ2) is 4.79. The van der Waals surface area contributed by atoms with Crippen molar-refractivity contribution < 1.29 is 4.74 Å². The van der Waals surface area contributed by atoms with Crippen LogP contribution in [0.25, 0.3) is 0 Å². The molecular formula is C10H14ClN3O. The van der Waals surface area contributed by atoms with Gasteiger partial charge in [-0.1, -0.05) is 11.6 Å². The van der Waals surface area contributed by atoms with E-state index in [0.717, 1.165) is 25.2 Å². The molecule has 4 nitrogen and oxygen atoms in total. The van der Waals surface area contributed by atoms with E-state index in [1.807, 2.05) is 6.07 Å². The molecule has 2 rings (SSSR count). The third-order valence-corrected chi connectivity index (χ3v) is 2.74. The third-order valence-electron chi connectivity index (χ3n) is 2.47. The Kier molecular flexibility index (Phi) is 3.41. The molecule has 1 aromatic rings. The minimum Gasteiger partial charge on any atom is -0.480 e. The summed E-state index contributed by atoms with van der Waals surface area (Å²) in [4.78, 5) is 4.15. The summed E-state index contributed by atoms with van der Waals surface area (Å²) in [5.74, 6) is 0.476. The maximum Gasteiger partial charge on any atom is 0.232 e. The first-order chi connectivity index (χ1) is 7.31. The Morgan fingerprint density at radius 2 is 2.40 bits per heavy atom. The zero-order valence-corrected chi connectivity index (χ0v) is 9.34. The fourth-order valence-electron chi connectivity index (χ4n) is 1.67. The minimum absolute atomic E-state index is 0.287. The first-order valence-electron chi connectivity index (χ1n) is 4.95. The van der Waals surface area contributed by atoms with Gasteiger partial charge in [-0.2, -0.15) is 0 Å². The molecule has 0 aliphatic carbocycles. The van der Waals surface area contributed by atoms with Crippen molar-refractivity contribution in [3.63, 3.8) is 0 Å². The standard InChI is InChI=1S/C10H14ClN3O/c1-15-10-8(11)4-7(5-14-10)9-6-12-2-3-13-9/h4-5,9,12-13H,2-3,6H2,1H3. The fourth-order valence-corrected chi connectivity index (χ4v) is 1.92. The van der Waals surface area contributed by atoms with Gasteiger partial charge in [0.25, 0.3) is 0 Å². The molecule has 2 N–H and O–H groups in total. The van der Waals surface area contributed by atoms with Gasteiger partial charge in [0, 0.05) is 31.9 Å². The molecule has 1 fully saturated rings. The summed E-state index contributed by atoms with van der Waals surface area (Å²) in [6.45, 7) is 2.88. The molecule has 1 aliphatic heterocycles. The van der Waals surface area contributed by atoms with Crippen LogP contribution in [0, 0.1) is 0 Å². The first-order valence-corrected chi connectivity index (χ1v) is 5.32. The van der Waals surface area contributed by atoms with Gasteiger partial charge in [0.05, 0.1) is 7.11 Å². The number of methoxy groups -OCH3 is 1. The van der Waals surface area contributed by atoms with E-state index in [4.69, 9.17) is 16.3 Å². The highest BCUT2D eigenvalue weighted by Gasteiger charge is 2.15. The maximum absolute atomic E-state index is 6.01. The topological polar surface area (TPSA) is 46.2 Å². The Bertz CT molecular complexity index is 339. The molecule has 0 spiro atoms. The van der Waals surface area contributed by atoms with Crippen molar-refractivity contribution in [1.29, 1.82) is 0 Å². The second-order valence-electron chi connectivity index (χ2n) is 3.47. The van der Waals surface area contributed by atoms with Gasteiger partial charge in [0.2, 0.25) is 5.88 Å². The predicted molar refractivity (Wildman–Crippen MR) is 59.4 cm³/mol. The Morgan fingerprint density at radius 1 is 1.53 bits per heavy atom. The molecule has 0 saturated carbocycles. The van der Waals surface area contributed by atoms with Crippen molar-refractivity contribution >= 4 is 11.6 Å². The van der Waals surface area contributed by atoms with Crippen LogP contribution in [0.1, 0.15) is 11.6 Å². The lowest BCUT2D eigenvalue weighted by Gasteiger charge is -2.24. The summed E-state index contributed by atoms with van der Waals surface area (Å²) in [6, 6.07) is 2.19. The van der Waals surface area contributed by atoms with E-state index in [1.54, 1.807) is 13.3 Å². The lowest BCUT2D eigenvalue weighted by molar-refractivity contribution is 0.395. The second-order valence-corrected chi connectivity index (χ2v) is 3.88. The summed E-state index contributed by atoms with van der Waals surface area (Å²) in [6.07, 6.45) is 1.80. The van der Waals surface area contributed by atoms with Crippen molar-refractivity contribution in [2.24, 2.45) is 0 Å². The highest BCUT2D eigenvalue weighted by Crippen LogP contribution is 2.24. The number of piperazine rings is 1. The normalized spacial score (nSPS) is 21.3. The van der Waals surface area contributed by atoms with Crippen molar-refractivity contribution in [2.45, 2.75) is 6.04 Å². The van der Waals surface area contributed by atoms with Crippen LogP contribution in [0.2, 0.25) is 5.02 Å². The van der Waals surface area contributed by atoms with Crippen LogP contribution in [-0.4, -0.2) is 31.7 Å². The largest absolute Gasteiger partial charge is 0.480 e. The van der Waals surface area contributed by atoms with Crippen LogP contribution in [0.3, 0.4) is 0 Å². The molecule has 15 heavy (non-hydrogen) atoms. The van der Waals surface area contributed by atoms with E-state index in [9.17, 15) is 0 Å². The number of rotatable bonds is 2. The molecule has 2 heterocycles. The molecule has 5 heteroatoms. The van der Waals surface area contributed by atoms with Crippen molar-refractivity contribution in [1.82, 2.24) is 15.6 Å². The van der Waals surface area contributed by atoms with Crippen LogP contribution in [0.4, 0.5) is 0 Å². The van der Waals surface area contributed by atoms with Gasteiger partial charge in [0.1, 0.15) is 5.02 Å². The van der Waals surface area contributed by atoms with E-state index >= 15 is 0 Å². The molecule has 1 saturated heterocycles. The summed E-state index contributed by atoms with van der Waals surface area (Å²) < 4.78 is 5.01. The lowest BCUT2D eigenvalue weighted by Crippen LogP contribution is -2.42. The van der Waals surface area contributed by atoms with Crippen LogP contribution >= 0.6 is 11.6 Å². The molecule has 0 radical (unpaired) electrons. The minimum atomic E-state index is 0.287. The quantitative estimate of drug-likeness (QED) is 0.791. The SMILES string of the molecule is COc1ncc(C2CNCCN2)cc1Cl. The first kappa shape index (κ1) is 10.7. The summed E-state index contributed by atoms with van der Waals surface area (Å²) in [7, 11) is 1.56. The van der Waals surface area contributed by atoms with E-state index in [2.05, 4.69) is 15.6 Å². The predicted octanol–water partition coefficient (Wildman–Crippen LogP) is 0.977. The number of aromatic nitrogens is 1. The van der Waals surface area contributed by atoms with Crippen LogP contribution in [-0.2, 0) is 0 Å². The van der Waals surface area contributed by atoms with E-state index in [-0.39, 0.29) is 6.04 Å². The van der Waals surface area contributed by atoms with Gasteiger partial charge in [-0.25, -0.2) is 4.98 Å². The summed E-state index contributed by atoms with van der Waals surface area (Å²) in [5, 5.41) is 7.27. The molecule has 1 atom stereocenters. The monoisotopic (exact) mass is 227 g/mol. The van der Waals surface area contributed by atoms with Gasteiger partial charge in [-0.3, -0.25) is 0 Å². The fraction of sp³-hybridized carbons (Fsp3) is 0.500. The van der Waals surface area contributed by atoms with E-state index < -0.39 is 0 Å². The summed E-state index contributed by atoms with van der Waals surface area (Å²) in [5.41, 5.74) is 1.09. The third kappa shape index (κ3) is 2.40. The Morgan fingerprint density at radius 3 is 3.00 bits per heavy atom. The average Bonchev–Trinajstić information content (AvgIpc) is 2.30. The molecule has 0 bridgehead atoms. The van der Waals surface area contributed by atoms with Gasteiger partial charge < -0.3 is 15.4 Å². The number of ether oxygens (including phenoxy) is 1. The van der Waals surface area contributed by atoms with E-state index in [0.29, 0.717) is 10.9 Å². The molecule has 0 aromatic carbocycles. The van der Waals surface area contributed by atoms with Crippen molar-refractivity contribution in [3.8, 4) is 5.88 Å². The number of hydrogen-bond donors (Lipinski definition) is 2. The highest BCUT2D eigenvalue weighted by atomic mass is 35.5. The number of nitrogens with zero attached hydrogens (tertiary/aromatic N) is 1. The average molecular weight is 228 g/mol. The van der Waals surface area contributed by atoms with Crippen LogP contribution < -0.4 is 15.4 Å². The van der Waals surface area contributed by atoms with Gasteiger partial charge >= 0.3 is 0 Å².